The molecule has 0 saturated carbocycles. The minimum Gasteiger partial charge on any atom is -0.497 e. The molecular weight excluding hydrogens is 360 g/mol. The van der Waals surface area contributed by atoms with Gasteiger partial charge in [0.1, 0.15) is 11.5 Å². The Balaban J connectivity index is 1.93. The molecule has 0 spiro atoms. The van der Waals surface area contributed by atoms with E-state index in [1.54, 1.807) is 31.4 Å². The number of nitrogens with one attached hydrogen (secondary N) is 2. The lowest BCUT2D eigenvalue weighted by Crippen LogP contribution is -2.28. The second-order valence-electron chi connectivity index (χ2n) is 6.36. The van der Waals surface area contributed by atoms with Gasteiger partial charge in [0, 0.05) is 19.2 Å². The molecule has 0 bridgehead atoms. The van der Waals surface area contributed by atoms with Crippen molar-refractivity contribution in [2.45, 2.75) is 25.8 Å². The smallest absolute Gasteiger partial charge is 0.287 e. The van der Waals surface area contributed by atoms with E-state index in [0.29, 0.717) is 36.7 Å². The van der Waals surface area contributed by atoms with Gasteiger partial charge in [-0.25, -0.2) is 4.98 Å². The molecule has 0 saturated heterocycles. The first-order valence-electron chi connectivity index (χ1n) is 9.11. The van der Waals surface area contributed by atoms with Crippen LogP contribution in [0.5, 0.6) is 11.5 Å². The molecule has 148 valence electrons. The molecule has 0 radical (unpaired) electrons. The molecule has 2 heterocycles. The largest absolute Gasteiger partial charge is 0.497 e. The number of carbonyl (C=O) groups excluding carboxylic acids is 2. The topological polar surface area (TPSA) is 94.5 Å². The Morgan fingerprint density at radius 1 is 1.25 bits per heavy atom. The fraction of sp³-hybridized carbons (Fsp3) is 0.350. The maximum atomic E-state index is 13.0. The number of ether oxygens (including phenoxy) is 2. The van der Waals surface area contributed by atoms with Gasteiger partial charge in [-0.2, -0.15) is 0 Å². The third-order valence-electron chi connectivity index (χ3n) is 4.60. The van der Waals surface area contributed by atoms with Gasteiger partial charge in [0.25, 0.3) is 11.8 Å². The SMILES string of the molecule is C=CCNC(=O)c1nc(C(=O)Nc2cc(OC)ccc2OC)c2n1CCCC2. The maximum Gasteiger partial charge on any atom is 0.287 e. The van der Waals surface area contributed by atoms with Gasteiger partial charge >= 0.3 is 0 Å². The van der Waals surface area contributed by atoms with E-state index in [0.717, 1.165) is 18.5 Å². The highest BCUT2D eigenvalue weighted by Gasteiger charge is 2.27. The molecule has 28 heavy (non-hydrogen) atoms. The first-order chi connectivity index (χ1) is 13.6. The number of benzene rings is 1. The summed E-state index contributed by atoms with van der Waals surface area (Å²) in [6, 6.07) is 5.14. The zero-order valence-corrected chi connectivity index (χ0v) is 16.1. The van der Waals surface area contributed by atoms with Crippen LogP contribution in [0.1, 0.15) is 39.6 Å². The molecule has 0 unspecified atom stereocenters. The zero-order chi connectivity index (χ0) is 20.1. The molecule has 8 heteroatoms. The molecule has 1 aliphatic heterocycles. The first-order valence-corrected chi connectivity index (χ1v) is 9.11. The lowest BCUT2D eigenvalue weighted by Gasteiger charge is -2.17. The molecule has 0 fully saturated rings. The van der Waals surface area contributed by atoms with Gasteiger partial charge in [-0.3, -0.25) is 9.59 Å². The lowest BCUT2D eigenvalue weighted by atomic mass is 10.1. The number of hydrogen-bond donors (Lipinski definition) is 2. The Hall–Kier alpha value is -3.29. The highest BCUT2D eigenvalue weighted by Crippen LogP contribution is 2.30. The van der Waals surface area contributed by atoms with Crippen molar-refractivity contribution >= 4 is 17.5 Å². The van der Waals surface area contributed by atoms with Gasteiger partial charge in [0.05, 0.1) is 25.6 Å². The summed E-state index contributed by atoms with van der Waals surface area (Å²) in [5.41, 5.74) is 1.50. The van der Waals surface area contributed by atoms with Crippen LogP contribution >= 0.6 is 0 Å². The van der Waals surface area contributed by atoms with E-state index >= 15 is 0 Å². The second kappa shape index (κ2) is 8.60. The first kappa shape index (κ1) is 19.5. The third-order valence-corrected chi connectivity index (χ3v) is 4.60. The van der Waals surface area contributed by atoms with Crippen molar-refractivity contribution in [1.29, 1.82) is 0 Å². The Labute approximate surface area is 163 Å². The summed E-state index contributed by atoms with van der Waals surface area (Å²) >= 11 is 0. The van der Waals surface area contributed by atoms with Gasteiger partial charge < -0.3 is 24.7 Å². The van der Waals surface area contributed by atoms with Crippen molar-refractivity contribution in [1.82, 2.24) is 14.9 Å². The van der Waals surface area contributed by atoms with Crippen LogP contribution in [0, 0.1) is 0 Å². The standard InChI is InChI=1S/C20H24N4O4/c1-4-10-21-20(26)18-23-17(15-7-5-6-11-24(15)18)19(25)22-14-12-13(27-2)8-9-16(14)28-3/h4,8-9,12H,1,5-7,10-11H2,2-3H3,(H,21,26)(H,22,25). The van der Waals surface area contributed by atoms with Crippen molar-refractivity contribution in [2.75, 3.05) is 26.1 Å². The molecule has 1 aromatic carbocycles. The van der Waals surface area contributed by atoms with Crippen LogP contribution < -0.4 is 20.1 Å². The fourth-order valence-corrected chi connectivity index (χ4v) is 3.24. The molecule has 0 aliphatic carbocycles. The van der Waals surface area contributed by atoms with Crippen LogP contribution in [0.25, 0.3) is 0 Å². The number of fused-ring (bicyclic) bond motifs is 1. The summed E-state index contributed by atoms with van der Waals surface area (Å²) in [5.74, 6) is 0.638. The van der Waals surface area contributed by atoms with E-state index in [2.05, 4.69) is 22.2 Å². The van der Waals surface area contributed by atoms with E-state index in [1.807, 2.05) is 4.57 Å². The number of rotatable bonds is 7. The molecule has 2 aromatic rings. The van der Waals surface area contributed by atoms with Crippen LogP contribution in [0.15, 0.2) is 30.9 Å². The number of anilines is 1. The van der Waals surface area contributed by atoms with Crippen LogP contribution in [-0.4, -0.2) is 42.1 Å². The minimum absolute atomic E-state index is 0.249. The van der Waals surface area contributed by atoms with Crippen molar-refractivity contribution in [2.24, 2.45) is 0 Å². The van der Waals surface area contributed by atoms with E-state index in [1.165, 1.54) is 7.11 Å². The summed E-state index contributed by atoms with van der Waals surface area (Å²) in [6.45, 7) is 4.59. The molecular formula is C20H24N4O4. The number of imidazole rings is 1. The molecule has 2 amide bonds. The highest BCUT2D eigenvalue weighted by molar-refractivity contribution is 6.05. The summed E-state index contributed by atoms with van der Waals surface area (Å²) in [7, 11) is 3.07. The fourth-order valence-electron chi connectivity index (χ4n) is 3.24. The number of carbonyl (C=O) groups is 2. The zero-order valence-electron chi connectivity index (χ0n) is 16.1. The Bertz CT molecular complexity index is 904. The van der Waals surface area contributed by atoms with Crippen molar-refractivity contribution in [3.05, 3.63) is 48.1 Å². The monoisotopic (exact) mass is 384 g/mol. The predicted molar refractivity (Wildman–Crippen MR) is 105 cm³/mol. The molecule has 8 nitrogen and oxygen atoms in total. The molecule has 2 N–H and O–H groups in total. The molecule has 0 atom stereocenters. The van der Waals surface area contributed by atoms with Crippen LogP contribution in [0.3, 0.4) is 0 Å². The molecule has 3 rings (SSSR count). The third kappa shape index (κ3) is 3.85. The van der Waals surface area contributed by atoms with Gasteiger partial charge in [-0.15, -0.1) is 6.58 Å². The van der Waals surface area contributed by atoms with Gasteiger partial charge in [-0.1, -0.05) is 6.08 Å². The summed E-state index contributed by atoms with van der Waals surface area (Å²) in [6.07, 6.45) is 4.18. The molecule has 1 aliphatic rings. The van der Waals surface area contributed by atoms with Crippen molar-refractivity contribution < 1.29 is 19.1 Å². The van der Waals surface area contributed by atoms with E-state index in [9.17, 15) is 9.59 Å². The average Bonchev–Trinajstić information content (AvgIpc) is 3.12. The van der Waals surface area contributed by atoms with Gasteiger partial charge in [-0.05, 0) is 31.4 Å². The van der Waals surface area contributed by atoms with Crippen LogP contribution in [0.4, 0.5) is 5.69 Å². The van der Waals surface area contributed by atoms with Crippen molar-refractivity contribution in [3.63, 3.8) is 0 Å². The second-order valence-corrected chi connectivity index (χ2v) is 6.36. The Morgan fingerprint density at radius 2 is 2.07 bits per heavy atom. The number of methoxy groups -OCH3 is 2. The van der Waals surface area contributed by atoms with E-state index in [-0.39, 0.29) is 23.3 Å². The van der Waals surface area contributed by atoms with E-state index < -0.39 is 0 Å². The number of hydrogen-bond acceptors (Lipinski definition) is 5. The van der Waals surface area contributed by atoms with Gasteiger partial charge in [0.15, 0.2) is 11.5 Å². The maximum absolute atomic E-state index is 13.0. The van der Waals surface area contributed by atoms with E-state index in [4.69, 9.17) is 9.47 Å². The lowest BCUT2D eigenvalue weighted by molar-refractivity contribution is 0.0942. The normalized spacial score (nSPS) is 12.6. The highest BCUT2D eigenvalue weighted by atomic mass is 16.5. The van der Waals surface area contributed by atoms with Crippen molar-refractivity contribution in [3.8, 4) is 11.5 Å². The average molecular weight is 384 g/mol. The molecule has 1 aromatic heterocycles. The number of aromatic nitrogens is 2. The summed E-state index contributed by atoms with van der Waals surface area (Å²) in [5, 5.41) is 5.56. The Morgan fingerprint density at radius 3 is 2.79 bits per heavy atom. The van der Waals surface area contributed by atoms with Crippen LogP contribution in [0.2, 0.25) is 0 Å². The predicted octanol–water partition coefficient (Wildman–Crippen LogP) is 2.40. The number of nitrogens with zero attached hydrogens (tertiary/aromatic N) is 2. The number of amides is 2. The van der Waals surface area contributed by atoms with Gasteiger partial charge in [0.2, 0.25) is 0 Å². The summed E-state index contributed by atoms with van der Waals surface area (Å²) < 4.78 is 12.4. The Kier molecular flexibility index (Phi) is 5.98. The minimum atomic E-state index is -0.389. The van der Waals surface area contributed by atoms with Crippen LogP contribution in [-0.2, 0) is 13.0 Å². The summed E-state index contributed by atoms with van der Waals surface area (Å²) in [4.78, 5) is 29.8. The quantitative estimate of drug-likeness (QED) is 0.715.